The van der Waals surface area contributed by atoms with Crippen molar-refractivity contribution in [3.8, 4) is 0 Å². The normalized spacial score (nSPS) is 13.0. The van der Waals surface area contributed by atoms with Crippen molar-refractivity contribution in [1.29, 1.82) is 5.41 Å². The van der Waals surface area contributed by atoms with Crippen molar-refractivity contribution < 1.29 is 0 Å². The fraction of sp³-hybridized carbons (Fsp3) is 0.188. The average molecular weight is 240 g/mol. The lowest BCUT2D eigenvalue weighted by molar-refractivity contribution is 1.19. The maximum atomic E-state index is 8.01. The molecule has 2 nitrogen and oxygen atoms in total. The Labute approximate surface area is 109 Å². The summed E-state index contributed by atoms with van der Waals surface area (Å²) >= 11 is 0. The molecule has 18 heavy (non-hydrogen) atoms. The highest BCUT2D eigenvalue weighted by molar-refractivity contribution is 6.07. The van der Waals surface area contributed by atoms with E-state index in [1.807, 2.05) is 49.4 Å². The molecule has 3 N–H and O–H groups in total. The highest BCUT2D eigenvalue weighted by Gasteiger charge is 2.01. The smallest absolute Gasteiger partial charge is 0.0632 e. The van der Waals surface area contributed by atoms with Gasteiger partial charge in [-0.2, -0.15) is 0 Å². The van der Waals surface area contributed by atoms with Gasteiger partial charge in [0, 0.05) is 5.70 Å². The minimum atomic E-state index is 0.430. The number of hydrogen-bond donors (Lipinski definition) is 2. The standard InChI is InChI=1S/C16H20N2/c1-3-8-13(9-4-2)15(17)12-16(18)14-10-6-5-7-11-14/h3,5-12,18H,4,17H2,1-2H3/b8-3-,13-9+,15-12-,18-16?. The predicted octanol–water partition coefficient (Wildman–Crippen LogP) is 3.81. The Morgan fingerprint density at radius 3 is 2.50 bits per heavy atom. The molecule has 0 aliphatic rings. The lowest BCUT2D eigenvalue weighted by atomic mass is 10.1. The molecule has 1 aromatic rings. The minimum Gasteiger partial charge on any atom is -0.398 e. The van der Waals surface area contributed by atoms with E-state index in [2.05, 4.69) is 13.0 Å². The van der Waals surface area contributed by atoms with Crippen LogP contribution < -0.4 is 5.73 Å². The van der Waals surface area contributed by atoms with Gasteiger partial charge in [0.15, 0.2) is 0 Å². The van der Waals surface area contributed by atoms with E-state index in [1.165, 1.54) is 0 Å². The Kier molecular flexibility index (Phi) is 5.65. The Morgan fingerprint density at radius 2 is 1.94 bits per heavy atom. The molecule has 0 unspecified atom stereocenters. The molecule has 0 saturated carbocycles. The van der Waals surface area contributed by atoms with Gasteiger partial charge in [-0.15, -0.1) is 0 Å². The molecule has 0 bridgehead atoms. The van der Waals surface area contributed by atoms with Crippen LogP contribution in [0.2, 0.25) is 0 Å². The fourth-order valence-electron chi connectivity index (χ4n) is 1.62. The van der Waals surface area contributed by atoms with Crippen LogP contribution in [0.4, 0.5) is 0 Å². The van der Waals surface area contributed by atoms with E-state index in [-0.39, 0.29) is 0 Å². The van der Waals surface area contributed by atoms with Crippen molar-refractivity contribution in [1.82, 2.24) is 0 Å². The first-order valence-corrected chi connectivity index (χ1v) is 6.13. The van der Waals surface area contributed by atoms with Gasteiger partial charge < -0.3 is 11.1 Å². The molecule has 1 rings (SSSR count). The molecule has 0 fully saturated rings. The Balaban J connectivity index is 2.95. The van der Waals surface area contributed by atoms with Gasteiger partial charge in [-0.1, -0.05) is 55.5 Å². The van der Waals surface area contributed by atoms with Crippen LogP contribution in [0.15, 0.2) is 65.9 Å². The number of rotatable bonds is 5. The number of allylic oxidation sites excluding steroid dienone is 4. The van der Waals surface area contributed by atoms with Gasteiger partial charge in [0.2, 0.25) is 0 Å². The molecule has 0 spiro atoms. The molecule has 1 aromatic carbocycles. The lowest BCUT2D eigenvalue weighted by Crippen LogP contribution is -2.04. The summed E-state index contributed by atoms with van der Waals surface area (Å²) < 4.78 is 0. The van der Waals surface area contributed by atoms with Gasteiger partial charge in [-0.25, -0.2) is 0 Å². The van der Waals surface area contributed by atoms with E-state index in [0.717, 1.165) is 17.6 Å². The number of nitrogens with two attached hydrogens (primary N) is 1. The van der Waals surface area contributed by atoms with E-state index in [0.29, 0.717) is 11.4 Å². The second kappa shape index (κ2) is 7.28. The third kappa shape index (κ3) is 4.06. The molecule has 0 aliphatic carbocycles. The molecule has 0 radical (unpaired) electrons. The summed E-state index contributed by atoms with van der Waals surface area (Å²) in [5.41, 5.74) is 8.93. The number of benzene rings is 1. The molecule has 94 valence electrons. The Morgan fingerprint density at radius 1 is 1.28 bits per heavy atom. The van der Waals surface area contributed by atoms with Gasteiger partial charge in [-0.05, 0) is 30.6 Å². The van der Waals surface area contributed by atoms with E-state index in [1.54, 1.807) is 6.08 Å². The summed E-state index contributed by atoms with van der Waals surface area (Å²) in [5.74, 6) is 0. The highest BCUT2D eigenvalue weighted by atomic mass is 14.6. The maximum Gasteiger partial charge on any atom is 0.0632 e. The topological polar surface area (TPSA) is 49.9 Å². The van der Waals surface area contributed by atoms with E-state index < -0.39 is 0 Å². The van der Waals surface area contributed by atoms with Crippen molar-refractivity contribution in [2.45, 2.75) is 20.3 Å². The summed E-state index contributed by atoms with van der Waals surface area (Å²) in [7, 11) is 0. The molecule has 0 amide bonds. The predicted molar refractivity (Wildman–Crippen MR) is 78.7 cm³/mol. The van der Waals surface area contributed by atoms with Crippen molar-refractivity contribution in [3.05, 3.63) is 71.5 Å². The fourth-order valence-corrected chi connectivity index (χ4v) is 1.62. The molecule has 0 aromatic heterocycles. The first kappa shape index (κ1) is 14.0. The second-order valence-electron chi connectivity index (χ2n) is 3.95. The van der Waals surface area contributed by atoms with Crippen molar-refractivity contribution in [2.75, 3.05) is 0 Å². The highest BCUT2D eigenvalue weighted by Crippen LogP contribution is 2.10. The summed E-state index contributed by atoms with van der Waals surface area (Å²) in [6, 6.07) is 9.59. The van der Waals surface area contributed by atoms with Crippen LogP contribution in [0.1, 0.15) is 25.8 Å². The number of hydrogen-bond acceptors (Lipinski definition) is 2. The molecule has 0 aliphatic heterocycles. The molecule has 0 heterocycles. The van der Waals surface area contributed by atoms with Crippen LogP contribution in [-0.2, 0) is 0 Å². The van der Waals surface area contributed by atoms with Crippen molar-refractivity contribution >= 4 is 5.71 Å². The summed E-state index contributed by atoms with van der Waals surface area (Å²) in [5, 5.41) is 8.01. The van der Waals surface area contributed by atoms with Crippen LogP contribution in [0.5, 0.6) is 0 Å². The largest absolute Gasteiger partial charge is 0.398 e. The van der Waals surface area contributed by atoms with Gasteiger partial charge in [0.25, 0.3) is 0 Å². The molecule has 2 heteroatoms. The summed E-state index contributed by atoms with van der Waals surface area (Å²) in [6.07, 6.45) is 8.61. The van der Waals surface area contributed by atoms with E-state index in [9.17, 15) is 0 Å². The average Bonchev–Trinajstić information content (AvgIpc) is 2.39. The van der Waals surface area contributed by atoms with Gasteiger partial charge in [0.05, 0.1) is 5.71 Å². The van der Waals surface area contributed by atoms with E-state index in [4.69, 9.17) is 11.1 Å². The quantitative estimate of drug-likeness (QED) is 0.596. The van der Waals surface area contributed by atoms with Crippen LogP contribution in [0.3, 0.4) is 0 Å². The van der Waals surface area contributed by atoms with Gasteiger partial charge in [0.1, 0.15) is 0 Å². The zero-order chi connectivity index (χ0) is 13.4. The van der Waals surface area contributed by atoms with Gasteiger partial charge in [-0.3, -0.25) is 0 Å². The zero-order valence-electron chi connectivity index (χ0n) is 11.0. The van der Waals surface area contributed by atoms with Crippen molar-refractivity contribution in [2.24, 2.45) is 5.73 Å². The Bertz CT molecular complexity index is 479. The second-order valence-corrected chi connectivity index (χ2v) is 3.95. The monoisotopic (exact) mass is 240 g/mol. The first-order valence-electron chi connectivity index (χ1n) is 6.13. The third-order valence-corrected chi connectivity index (χ3v) is 2.49. The van der Waals surface area contributed by atoms with Gasteiger partial charge >= 0.3 is 0 Å². The van der Waals surface area contributed by atoms with Crippen LogP contribution >= 0.6 is 0 Å². The van der Waals surface area contributed by atoms with Crippen LogP contribution in [-0.4, -0.2) is 5.71 Å². The minimum absolute atomic E-state index is 0.430. The van der Waals surface area contributed by atoms with E-state index >= 15 is 0 Å². The van der Waals surface area contributed by atoms with Crippen LogP contribution in [0, 0.1) is 5.41 Å². The molecular formula is C16H20N2. The number of nitrogens with one attached hydrogen (secondary N) is 1. The Hall–Kier alpha value is -2.09. The SMILES string of the molecule is C\C=C/C(=C\CC)C(/N)=C/C(=N)c1ccccc1. The first-order chi connectivity index (χ1) is 8.69. The lowest BCUT2D eigenvalue weighted by Gasteiger charge is -2.04. The van der Waals surface area contributed by atoms with Crippen molar-refractivity contribution in [3.63, 3.8) is 0 Å². The summed E-state index contributed by atoms with van der Waals surface area (Å²) in [4.78, 5) is 0. The van der Waals surface area contributed by atoms with Crippen LogP contribution in [0.25, 0.3) is 0 Å². The third-order valence-electron chi connectivity index (χ3n) is 2.49. The summed E-state index contributed by atoms with van der Waals surface area (Å²) in [6.45, 7) is 4.03. The zero-order valence-corrected chi connectivity index (χ0v) is 11.0. The maximum absolute atomic E-state index is 8.01. The molecule has 0 atom stereocenters. The molecule has 0 saturated heterocycles. The molecular weight excluding hydrogens is 220 g/mol.